The highest BCUT2D eigenvalue weighted by Crippen LogP contribution is 2.17. The van der Waals surface area contributed by atoms with Crippen LogP contribution in [0.5, 0.6) is 0 Å². The van der Waals surface area contributed by atoms with Gasteiger partial charge in [0.05, 0.1) is 6.26 Å². The number of halogens is 1. The van der Waals surface area contributed by atoms with Gasteiger partial charge in [0.25, 0.3) is 0 Å². The van der Waals surface area contributed by atoms with Gasteiger partial charge in [0.1, 0.15) is 5.82 Å². The first-order valence-electron chi connectivity index (χ1n) is 5.02. The van der Waals surface area contributed by atoms with Crippen molar-refractivity contribution in [3.05, 3.63) is 35.1 Å². The summed E-state index contributed by atoms with van der Waals surface area (Å²) in [5.41, 5.74) is 1.50. The van der Waals surface area contributed by atoms with Crippen LogP contribution in [-0.4, -0.2) is 14.7 Å². The molecule has 1 aromatic rings. The summed E-state index contributed by atoms with van der Waals surface area (Å²) in [6.45, 7) is 4.04. The van der Waals surface area contributed by atoms with Crippen LogP contribution in [-0.2, 0) is 16.6 Å². The summed E-state index contributed by atoms with van der Waals surface area (Å²) in [6, 6.07) is 4.62. The van der Waals surface area contributed by atoms with E-state index in [1.165, 1.54) is 12.1 Å². The molecule has 0 saturated carbocycles. The normalized spacial score (nSPS) is 12.1. The number of hydrogen-bond acceptors (Lipinski definition) is 2. The van der Waals surface area contributed by atoms with E-state index in [2.05, 4.69) is 4.72 Å². The van der Waals surface area contributed by atoms with Crippen molar-refractivity contribution in [3.63, 3.8) is 0 Å². The van der Waals surface area contributed by atoms with E-state index in [9.17, 15) is 12.8 Å². The van der Waals surface area contributed by atoms with Crippen molar-refractivity contribution in [2.75, 3.05) is 6.26 Å². The highest BCUT2D eigenvalue weighted by Gasteiger charge is 2.06. The second-order valence-electron chi connectivity index (χ2n) is 4.14. The van der Waals surface area contributed by atoms with E-state index in [1.807, 2.05) is 19.9 Å². The quantitative estimate of drug-likeness (QED) is 0.882. The summed E-state index contributed by atoms with van der Waals surface area (Å²) in [7, 11) is -3.24. The van der Waals surface area contributed by atoms with Crippen molar-refractivity contribution in [2.45, 2.75) is 26.3 Å². The maximum Gasteiger partial charge on any atom is 0.209 e. The molecule has 0 fully saturated rings. The fourth-order valence-electron chi connectivity index (χ4n) is 1.33. The van der Waals surface area contributed by atoms with Gasteiger partial charge in [0.15, 0.2) is 0 Å². The van der Waals surface area contributed by atoms with E-state index in [1.54, 1.807) is 0 Å². The van der Waals surface area contributed by atoms with Crippen molar-refractivity contribution >= 4 is 10.0 Å². The lowest BCUT2D eigenvalue weighted by Crippen LogP contribution is -2.21. The molecule has 0 atom stereocenters. The smallest absolute Gasteiger partial charge is 0.209 e. The van der Waals surface area contributed by atoms with E-state index in [0.717, 1.165) is 11.8 Å². The number of hydrogen-bond donors (Lipinski definition) is 1. The second kappa shape index (κ2) is 4.93. The maximum absolute atomic E-state index is 13.2. The number of rotatable bonds is 4. The lowest BCUT2D eigenvalue weighted by molar-refractivity contribution is 0.586. The van der Waals surface area contributed by atoms with Crippen LogP contribution in [0.25, 0.3) is 0 Å². The molecule has 0 bridgehead atoms. The van der Waals surface area contributed by atoms with Gasteiger partial charge in [0.2, 0.25) is 10.0 Å². The average molecular weight is 245 g/mol. The third-order valence-corrected chi connectivity index (χ3v) is 2.85. The largest absolute Gasteiger partial charge is 0.213 e. The minimum Gasteiger partial charge on any atom is -0.213 e. The molecule has 0 aliphatic heterocycles. The molecular weight excluding hydrogens is 229 g/mol. The molecule has 0 heterocycles. The minimum atomic E-state index is -3.24. The van der Waals surface area contributed by atoms with E-state index in [4.69, 9.17) is 0 Å². The summed E-state index contributed by atoms with van der Waals surface area (Å²) in [5.74, 6) is -0.121. The zero-order valence-corrected chi connectivity index (χ0v) is 10.4. The Balaban J connectivity index is 2.89. The van der Waals surface area contributed by atoms with E-state index >= 15 is 0 Å². The summed E-state index contributed by atoms with van der Waals surface area (Å²) in [6.07, 6.45) is 1.08. The van der Waals surface area contributed by atoms with Crippen LogP contribution in [0, 0.1) is 5.82 Å². The molecule has 0 saturated heterocycles. The van der Waals surface area contributed by atoms with Crippen LogP contribution >= 0.6 is 0 Å². The van der Waals surface area contributed by atoms with Crippen LogP contribution < -0.4 is 4.72 Å². The van der Waals surface area contributed by atoms with Crippen LogP contribution in [0.15, 0.2) is 18.2 Å². The van der Waals surface area contributed by atoms with Gasteiger partial charge in [0, 0.05) is 6.54 Å². The molecule has 5 heteroatoms. The summed E-state index contributed by atoms with van der Waals surface area (Å²) in [5, 5.41) is 0. The van der Waals surface area contributed by atoms with Crippen molar-refractivity contribution in [1.29, 1.82) is 0 Å². The Labute approximate surface area is 95.7 Å². The SMILES string of the molecule is CC(C)c1cc(F)cc(CNS(C)(=O)=O)c1. The Bertz CT molecular complexity index is 469. The van der Waals surface area contributed by atoms with Crippen LogP contribution in [0.3, 0.4) is 0 Å². The van der Waals surface area contributed by atoms with Gasteiger partial charge in [-0.15, -0.1) is 0 Å². The van der Waals surface area contributed by atoms with Crippen molar-refractivity contribution in [1.82, 2.24) is 4.72 Å². The molecule has 0 aromatic heterocycles. The number of nitrogens with one attached hydrogen (secondary N) is 1. The highest BCUT2D eigenvalue weighted by atomic mass is 32.2. The van der Waals surface area contributed by atoms with Gasteiger partial charge >= 0.3 is 0 Å². The Hall–Kier alpha value is -0.940. The lowest BCUT2D eigenvalue weighted by Gasteiger charge is -2.09. The standard InChI is InChI=1S/C11H16FNO2S/c1-8(2)10-4-9(5-11(12)6-10)7-13-16(3,14)15/h4-6,8,13H,7H2,1-3H3. The molecule has 1 aromatic carbocycles. The van der Waals surface area contributed by atoms with E-state index in [0.29, 0.717) is 5.56 Å². The monoisotopic (exact) mass is 245 g/mol. The van der Waals surface area contributed by atoms with Crippen LogP contribution in [0.1, 0.15) is 30.9 Å². The fraction of sp³-hybridized carbons (Fsp3) is 0.455. The topological polar surface area (TPSA) is 46.2 Å². The maximum atomic E-state index is 13.2. The molecule has 90 valence electrons. The molecule has 0 amide bonds. The molecule has 16 heavy (non-hydrogen) atoms. The lowest BCUT2D eigenvalue weighted by atomic mass is 10.0. The average Bonchev–Trinajstić information content (AvgIpc) is 2.13. The third-order valence-electron chi connectivity index (χ3n) is 2.19. The zero-order valence-electron chi connectivity index (χ0n) is 9.62. The summed E-state index contributed by atoms with van der Waals surface area (Å²) in [4.78, 5) is 0. The van der Waals surface area contributed by atoms with Gasteiger partial charge in [-0.3, -0.25) is 0 Å². The van der Waals surface area contributed by atoms with Crippen molar-refractivity contribution in [3.8, 4) is 0 Å². The summed E-state index contributed by atoms with van der Waals surface area (Å²) >= 11 is 0. The van der Waals surface area contributed by atoms with E-state index in [-0.39, 0.29) is 18.3 Å². The molecule has 0 spiro atoms. The zero-order chi connectivity index (χ0) is 12.3. The van der Waals surface area contributed by atoms with Crippen molar-refractivity contribution < 1.29 is 12.8 Å². The van der Waals surface area contributed by atoms with Crippen molar-refractivity contribution in [2.24, 2.45) is 0 Å². The molecule has 1 rings (SSSR count). The summed E-state index contributed by atoms with van der Waals surface area (Å²) < 4.78 is 37.4. The Morgan fingerprint density at radius 1 is 1.31 bits per heavy atom. The number of benzene rings is 1. The van der Waals surface area contributed by atoms with Gasteiger partial charge in [-0.25, -0.2) is 17.5 Å². The van der Waals surface area contributed by atoms with Gasteiger partial charge in [-0.2, -0.15) is 0 Å². The Kier molecular flexibility index (Phi) is 4.04. The third kappa shape index (κ3) is 4.28. The Morgan fingerprint density at radius 2 is 1.94 bits per heavy atom. The first-order valence-corrected chi connectivity index (χ1v) is 6.91. The molecule has 0 aliphatic rings. The molecule has 0 aliphatic carbocycles. The van der Waals surface area contributed by atoms with Crippen LogP contribution in [0.2, 0.25) is 0 Å². The van der Waals surface area contributed by atoms with Gasteiger partial charge in [-0.05, 0) is 29.2 Å². The van der Waals surface area contributed by atoms with Gasteiger partial charge < -0.3 is 0 Å². The predicted molar refractivity (Wildman–Crippen MR) is 62.2 cm³/mol. The number of sulfonamides is 1. The first-order chi connectivity index (χ1) is 7.28. The van der Waals surface area contributed by atoms with Crippen LogP contribution in [0.4, 0.5) is 4.39 Å². The molecule has 0 radical (unpaired) electrons. The fourth-order valence-corrected chi connectivity index (χ4v) is 1.75. The highest BCUT2D eigenvalue weighted by molar-refractivity contribution is 7.88. The Morgan fingerprint density at radius 3 is 2.44 bits per heavy atom. The minimum absolute atomic E-state index is 0.121. The first kappa shape index (κ1) is 13.1. The second-order valence-corrected chi connectivity index (χ2v) is 5.97. The predicted octanol–water partition coefficient (Wildman–Crippen LogP) is 2.00. The van der Waals surface area contributed by atoms with Gasteiger partial charge in [-0.1, -0.05) is 19.9 Å². The molecule has 1 N–H and O–H groups in total. The molecule has 0 unspecified atom stereocenters. The molecule has 3 nitrogen and oxygen atoms in total. The molecular formula is C11H16FNO2S. The van der Waals surface area contributed by atoms with E-state index < -0.39 is 10.0 Å².